The average Bonchev–Trinajstić information content (AvgIpc) is 2.60. The van der Waals surface area contributed by atoms with Crippen molar-refractivity contribution in [1.29, 1.82) is 0 Å². The molecule has 2 aliphatic rings. The van der Waals surface area contributed by atoms with Crippen LogP contribution in [0.2, 0.25) is 0 Å². The summed E-state index contributed by atoms with van der Waals surface area (Å²) in [5, 5.41) is 0.925. The Kier molecular flexibility index (Phi) is 2.48. The molecule has 2 unspecified atom stereocenters. The molecule has 0 fully saturated rings. The molecule has 0 aromatic heterocycles. The Morgan fingerprint density at radius 2 is 1.29 bits per heavy atom. The molecule has 0 spiro atoms. The van der Waals surface area contributed by atoms with Crippen molar-refractivity contribution in [3.05, 3.63) is 0 Å². The summed E-state index contributed by atoms with van der Waals surface area (Å²) in [5.41, 5.74) is 0. The van der Waals surface area contributed by atoms with E-state index in [1.807, 2.05) is 0 Å². The molecule has 0 aromatic carbocycles. The quantitative estimate of drug-likeness (QED) is 0.674. The van der Waals surface area contributed by atoms with E-state index in [2.05, 4.69) is 9.98 Å². The van der Waals surface area contributed by atoms with Crippen LogP contribution >= 0.6 is 23.5 Å². The Balaban J connectivity index is 2.20. The van der Waals surface area contributed by atoms with E-state index in [-0.39, 0.29) is 22.3 Å². The van der Waals surface area contributed by atoms with Crippen LogP contribution in [0.15, 0.2) is 9.98 Å². The van der Waals surface area contributed by atoms with Gasteiger partial charge in [-0.25, -0.2) is 9.98 Å². The SMILES string of the molecule is CC1SC(C2=NC(=O)C(C)S2)=NC1=O. The molecule has 2 aliphatic heterocycles. The fraction of sp³-hybridized carbons (Fsp3) is 0.500. The second-order valence-electron chi connectivity index (χ2n) is 3.03. The summed E-state index contributed by atoms with van der Waals surface area (Å²) in [6, 6.07) is 0. The third kappa shape index (κ3) is 1.64. The molecule has 2 atom stereocenters. The van der Waals surface area contributed by atoms with Crippen molar-refractivity contribution in [2.75, 3.05) is 0 Å². The van der Waals surface area contributed by atoms with Crippen LogP contribution in [-0.2, 0) is 9.59 Å². The Hall–Kier alpha value is -0.620. The maximum atomic E-state index is 11.1. The predicted octanol–water partition coefficient (Wildman–Crippen LogP) is 1.11. The molecular formula is C8H8N2O2S2. The molecule has 0 bridgehead atoms. The van der Waals surface area contributed by atoms with Crippen molar-refractivity contribution in [1.82, 2.24) is 0 Å². The van der Waals surface area contributed by atoms with Crippen molar-refractivity contribution in [2.45, 2.75) is 24.3 Å². The fourth-order valence-electron chi connectivity index (χ4n) is 1.07. The number of hydrogen-bond acceptors (Lipinski definition) is 4. The van der Waals surface area contributed by atoms with Gasteiger partial charge in [-0.05, 0) is 13.8 Å². The summed E-state index contributed by atoms with van der Waals surface area (Å²) in [7, 11) is 0. The zero-order valence-electron chi connectivity index (χ0n) is 7.68. The summed E-state index contributed by atoms with van der Waals surface area (Å²) >= 11 is 2.74. The highest BCUT2D eigenvalue weighted by atomic mass is 32.2. The highest BCUT2D eigenvalue weighted by Crippen LogP contribution is 2.31. The summed E-state index contributed by atoms with van der Waals surface area (Å²) in [4.78, 5) is 30.0. The lowest BCUT2D eigenvalue weighted by atomic mass is 10.4. The summed E-state index contributed by atoms with van der Waals surface area (Å²) in [6.07, 6.45) is 0. The number of carbonyl (C=O) groups excluding carboxylic acids is 2. The maximum Gasteiger partial charge on any atom is 0.260 e. The molecule has 0 saturated heterocycles. The van der Waals surface area contributed by atoms with E-state index in [0.717, 1.165) is 0 Å². The van der Waals surface area contributed by atoms with Crippen LogP contribution in [0.25, 0.3) is 0 Å². The zero-order chi connectivity index (χ0) is 10.3. The zero-order valence-corrected chi connectivity index (χ0v) is 9.32. The third-order valence-corrected chi connectivity index (χ3v) is 4.13. The first-order chi connectivity index (χ1) is 6.58. The number of amides is 2. The van der Waals surface area contributed by atoms with E-state index < -0.39 is 0 Å². The second-order valence-corrected chi connectivity index (χ2v) is 5.69. The highest BCUT2D eigenvalue weighted by Gasteiger charge is 2.33. The summed E-state index contributed by atoms with van der Waals surface area (Å²) in [6.45, 7) is 3.60. The number of hydrogen-bond donors (Lipinski definition) is 0. The van der Waals surface area contributed by atoms with Gasteiger partial charge in [-0.15, -0.1) is 0 Å². The lowest BCUT2D eigenvalue weighted by molar-refractivity contribution is -0.117. The lowest BCUT2D eigenvalue weighted by Crippen LogP contribution is -2.04. The van der Waals surface area contributed by atoms with Gasteiger partial charge in [0.25, 0.3) is 11.8 Å². The van der Waals surface area contributed by atoms with E-state index in [9.17, 15) is 9.59 Å². The van der Waals surface area contributed by atoms with Crippen LogP contribution in [0.4, 0.5) is 0 Å². The first-order valence-electron chi connectivity index (χ1n) is 4.16. The first-order valence-corrected chi connectivity index (χ1v) is 5.92. The van der Waals surface area contributed by atoms with Crippen LogP contribution in [-0.4, -0.2) is 32.4 Å². The Morgan fingerprint density at radius 1 is 0.929 bits per heavy atom. The Labute approximate surface area is 89.6 Å². The van der Waals surface area contributed by atoms with Gasteiger partial charge < -0.3 is 0 Å². The fourth-order valence-corrected chi connectivity index (χ4v) is 2.91. The summed E-state index contributed by atoms with van der Waals surface area (Å²) < 4.78 is 0. The van der Waals surface area contributed by atoms with Gasteiger partial charge in [0.1, 0.15) is 10.1 Å². The topological polar surface area (TPSA) is 58.9 Å². The minimum absolute atomic E-state index is 0.139. The summed E-state index contributed by atoms with van der Waals surface area (Å²) in [5.74, 6) is -0.277. The van der Waals surface area contributed by atoms with Gasteiger partial charge in [0.2, 0.25) is 0 Å². The maximum absolute atomic E-state index is 11.1. The van der Waals surface area contributed by atoms with E-state index in [0.29, 0.717) is 10.1 Å². The largest absolute Gasteiger partial charge is 0.271 e. The van der Waals surface area contributed by atoms with Crippen molar-refractivity contribution in [2.24, 2.45) is 9.98 Å². The Bertz CT molecular complexity index is 340. The van der Waals surface area contributed by atoms with Crippen LogP contribution in [0.5, 0.6) is 0 Å². The third-order valence-electron chi connectivity index (χ3n) is 1.88. The Morgan fingerprint density at radius 3 is 1.50 bits per heavy atom. The van der Waals surface area contributed by atoms with Crippen molar-refractivity contribution in [3.8, 4) is 0 Å². The number of carbonyl (C=O) groups is 2. The number of rotatable bonds is 1. The molecule has 0 aliphatic carbocycles. The van der Waals surface area contributed by atoms with E-state index in [1.54, 1.807) is 13.8 Å². The van der Waals surface area contributed by atoms with Gasteiger partial charge in [0.05, 0.1) is 10.5 Å². The van der Waals surface area contributed by atoms with Crippen LogP contribution in [0.1, 0.15) is 13.8 Å². The molecule has 0 aromatic rings. The van der Waals surface area contributed by atoms with E-state index in [4.69, 9.17) is 0 Å². The molecule has 0 N–H and O–H groups in total. The van der Waals surface area contributed by atoms with Gasteiger partial charge in [-0.3, -0.25) is 9.59 Å². The normalized spacial score (nSPS) is 32.1. The van der Waals surface area contributed by atoms with E-state index >= 15 is 0 Å². The minimum atomic E-state index is -0.140. The lowest BCUT2D eigenvalue weighted by Gasteiger charge is -1.98. The van der Waals surface area contributed by atoms with E-state index in [1.165, 1.54) is 23.5 Å². The average molecular weight is 228 g/mol. The molecule has 0 saturated carbocycles. The van der Waals surface area contributed by atoms with Gasteiger partial charge in [-0.1, -0.05) is 23.5 Å². The molecule has 4 nitrogen and oxygen atoms in total. The van der Waals surface area contributed by atoms with Crippen molar-refractivity contribution < 1.29 is 9.59 Å². The smallest absolute Gasteiger partial charge is 0.260 e. The van der Waals surface area contributed by atoms with Crippen LogP contribution in [0, 0.1) is 0 Å². The van der Waals surface area contributed by atoms with Crippen molar-refractivity contribution in [3.63, 3.8) is 0 Å². The standard InChI is InChI=1S/C8H8N2O2S2/c1-3-5(11)9-7(13-3)8-10-6(12)4(2)14-8/h3-4H,1-2H3. The van der Waals surface area contributed by atoms with Gasteiger partial charge in [0, 0.05) is 0 Å². The van der Waals surface area contributed by atoms with Crippen molar-refractivity contribution >= 4 is 45.4 Å². The number of nitrogens with zero attached hydrogens (tertiary/aromatic N) is 2. The van der Waals surface area contributed by atoms with Crippen LogP contribution < -0.4 is 0 Å². The molecule has 6 heteroatoms. The molecule has 74 valence electrons. The molecule has 14 heavy (non-hydrogen) atoms. The van der Waals surface area contributed by atoms with Gasteiger partial charge in [-0.2, -0.15) is 0 Å². The van der Waals surface area contributed by atoms with Gasteiger partial charge in [0.15, 0.2) is 0 Å². The first kappa shape index (κ1) is 9.92. The molecule has 2 amide bonds. The van der Waals surface area contributed by atoms with Crippen LogP contribution in [0.3, 0.4) is 0 Å². The molecular weight excluding hydrogens is 220 g/mol. The minimum Gasteiger partial charge on any atom is -0.271 e. The highest BCUT2D eigenvalue weighted by molar-refractivity contribution is 8.26. The number of aliphatic imine (C=N–C) groups is 2. The second kappa shape index (κ2) is 3.51. The molecule has 0 radical (unpaired) electrons. The number of thioether (sulfide) groups is 2. The molecule has 2 heterocycles. The monoisotopic (exact) mass is 228 g/mol. The molecule has 2 rings (SSSR count). The predicted molar refractivity (Wildman–Crippen MR) is 59.0 cm³/mol. The van der Waals surface area contributed by atoms with Gasteiger partial charge >= 0.3 is 0 Å².